The molecule has 0 aliphatic carbocycles. The van der Waals surface area contributed by atoms with Crippen molar-refractivity contribution >= 4 is 38.4 Å². The number of hydrogen-bond acceptors (Lipinski definition) is 4. The molecule has 0 heterocycles. The van der Waals surface area contributed by atoms with Crippen molar-refractivity contribution in [1.82, 2.24) is 0 Å². The van der Waals surface area contributed by atoms with E-state index in [-0.39, 0.29) is 22.3 Å². The molecule has 0 spiro atoms. The van der Waals surface area contributed by atoms with Crippen LogP contribution in [0.2, 0.25) is 0 Å². The second-order valence-corrected chi connectivity index (χ2v) is 6.59. The molecule has 0 amide bonds. The average Bonchev–Trinajstić information content (AvgIpc) is 2.30. The van der Waals surface area contributed by atoms with Gasteiger partial charge in [-0.3, -0.25) is 19.1 Å². The van der Waals surface area contributed by atoms with Gasteiger partial charge in [0.15, 0.2) is 0 Å². The fraction of sp³-hybridized carbons (Fsp3) is 0.364. The minimum Gasteiger partial charge on any atom is -0.481 e. The maximum absolute atomic E-state index is 11.9. The number of hydrogen-bond donors (Lipinski definition) is 1. The molecule has 0 aliphatic rings. The largest absolute Gasteiger partial charge is 0.481 e. The lowest BCUT2D eigenvalue weighted by Gasteiger charge is -2.10. The third-order valence-electron chi connectivity index (χ3n) is 2.46. The van der Waals surface area contributed by atoms with Crippen molar-refractivity contribution in [3.05, 3.63) is 38.3 Å². The number of carboxylic acids is 1. The van der Waals surface area contributed by atoms with E-state index in [0.29, 0.717) is 5.56 Å². The van der Waals surface area contributed by atoms with E-state index >= 15 is 0 Å². The first kappa shape index (κ1) is 15.8. The first-order chi connectivity index (χ1) is 8.82. The third-order valence-corrected chi connectivity index (χ3v) is 5.04. The normalized spacial score (nSPS) is 13.8. The van der Waals surface area contributed by atoms with E-state index in [4.69, 9.17) is 5.11 Å². The fourth-order valence-corrected chi connectivity index (χ4v) is 3.35. The first-order valence-corrected chi connectivity index (χ1v) is 7.51. The molecule has 0 aliphatic heterocycles. The molecular formula is C11H12BrNO5S. The number of benzene rings is 1. The lowest BCUT2D eigenvalue weighted by atomic mass is 10.2. The molecule has 0 aromatic heterocycles. The first-order valence-electron chi connectivity index (χ1n) is 5.33. The van der Waals surface area contributed by atoms with Gasteiger partial charge in [0.25, 0.3) is 5.69 Å². The Kier molecular flexibility index (Phi) is 5.61. The van der Waals surface area contributed by atoms with Crippen LogP contribution in [-0.4, -0.2) is 25.5 Å². The van der Waals surface area contributed by atoms with Crippen molar-refractivity contribution in [3.8, 4) is 0 Å². The van der Waals surface area contributed by atoms with E-state index in [9.17, 15) is 19.1 Å². The highest BCUT2D eigenvalue weighted by Gasteiger charge is 2.20. The minimum atomic E-state index is -1.40. The third kappa shape index (κ3) is 4.39. The topological polar surface area (TPSA) is 97.5 Å². The Morgan fingerprint density at radius 1 is 1.58 bits per heavy atom. The van der Waals surface area contributed by atoms with Gasteiger partial charge in [-0.25, -0.2) is 0 Å². The number of nitro benzene ring substituents is 1. The number of aliphatic carboxylic acids is 1. The summed E-state index contributed by atoms with van der Waals surface area (Å²) < 4.78 is 12.2. The molecule has 0 radical (unpaired) electrons. The van der Waals surface area contributed by atoms with Gasteiger partial charge >= 0.3 is 5.97 Å². The molecule has 6 nitrogen and oxygen atoms in total. The molecule has 1 rings (SSSR count). The van der Waals surface area contributed by atoms with Crippen molar-refractivity contribution in [2.75, 3.05) is 0 Å². The Morgan fingerprint density at radius 3 is 2.74 bits per heavy atom. The molecule has 0 saturated heterocycles. The monoisotopic (exact) mass is 349 g/mol. The maximum Gasteiger partial charge on any atom is 0.304 e. The van der Waals surface area contributed by atoms with Gasteiger partial charge < -0.3 is 5.11 Å². The Morgan fingerprint density at radius 2 is 2.21 bits per heavy atom. The van der Waals surface area contributed by atoms with E-state index in [2.05, 4.69) is 15.9 Å². The van der Waals surface area contributed by atoms with Crippen LogP contribution in [0.25, 0.3) is 0 Å². The van der Waals surface area contributed by atoms with Crippen molar-refractivity contribution in [2.24, 2.45) is 0 Å². The highest BCUT2D eigenvalue weighted by atomic mass is 79.9. The molecule has 2 atom stereocenters. The van der Waals surface area contributed by atoms with Crippen LogP contribution in [-0.2, 0) is 21.3 Å². The van der Waals surface area contributed by atoms with Crippen LogP contribution in [0.1, 0.15) is 18.9 Å². The minimum absolute atomic E-state index is 0.0801. The summed E-state index contributed by atoms with van der Waals surface area (Å²) >= 11 is 3.12. The van der Waals surface area contributed by atoms with Crippen LogP contribution < -0.4 is 0 Å². The summed E-state index contributed by atoms with van der Waals surface area (Å²) in [4.78, 5) is 20.8. The van der Waals surface area contributed by atoms with Gasteiger partial charge in [-0.15, -0.1) is 0 Å². The van der Waals surface area contributed by atoms with Gasteiger partial charge in [-0.05, 0) is 21.5 Å². The Balaban J connectivity index is 2.88. The second-order valence-electron chi connectivity index (χ2n) is 3.94. The van der Waals surface area contributed by atoms with E-state index in [1.807, 2.05) is 0 Å². The highest BCUT2D eigenvalue weighted by Crippen LogP contribution is 2.29. The predicted molar refractivity (Wildman–Crippen MR) is 74.4 cm³/mol. The quantitative estimate of drug-likeness (QED) is 0.628. The smallest absolute Gasteiger partial charge is 0.304 e. The van der Waals surface area contributed by atoms with E-state index < -0.39 is 26.9 Å². The molecule has 104 valence electrons. The molecule has 2 unspecified atom stereocenters. The fourth-order valence-electron chi connectivity index (χ4n) is 1.45. The zero-order chi connectivity index (χ0) is 14.6. The van der Waals surface area contributed by atoms with Gasteiger partial charge in [0, 0.05) is 22.1 Å². The summed E-state index contributed by atoms with van der Waals surface area (Å²) in [5, 5.41) is 18.9. The Labute approximate surface area is 120 Å². The SMILES string of the molecule is CC(CC(=O)O)S(=O)Cc1cccc([N+](=O)[O-])c1Br. The summed E-state index contributed by atoms with van der Waals surface area (Å²) in [5.74, 6) is -0.935. The summed E-state index contributed by atoms with van der Waals surface area (Å²) in [6, 6.07) is 4.48. The Bertz CT molecular complexity index is 534. The maximum atomic E-state index is 11.9. The molecule has 19 heavy (non-hydrogen) atoms. The number of nitro groups is 1. The summed E-state index contributed by atoms with van der Waals surface area (Å²) in [6.45, 7) is 1.58. The van der Waals surface area contributed by atoms with E-state index in [1.165, 1.54) is 12.1 Å². The lowest BCUT2D eigenvalue weighted by Crippen LogP contribution is -2.17. The molecule has 0 bridgehead atoms. The molecule has 1 N–H and O–H groups in total. The summed E-state index contributed by atoms with van der Waals surface area (Å²) in [7, 11) is -1.40. The number of nitrogens with zero attached hydrogens (tertiary/aromatic N) is 1. The van der Waals surface area contributed by atoms with Gasteiger partial charge in [-0.2, -0.15) is 0 Å². The van der Waals surface area contributed by atoms with Gasteiger partial charge in [0.1, 0.15) is 0 Å². The van der Waals surface area contributed by atoms with Crippen LogP contribution in [0.15, 0.2) is 22.7 Å². The molecule has 0 saturated carbocycles. The highest BCUT2D eigenvalue weighted by molar-refractivity contribution is 9.10. The van der Waals surface area contributed by atoms with Crippen molar-refractivity contribution in [2.45, 2.75) is 24.3 Å². The lowest BCUT2D eigenvalue weighted by molar-refractivity contribution is -0.385. The average molecular weight is 350 g/mol. The van der Waals surface area contributed by atoms with Crippen molar-refractivity contribution in [1.29, 1.82) is 0 Å². The molecule has 0 fully saturated rings. The summed E-state index contributed by atoms with van der Waals surface area (Å²) in [5.41, 5.74) is 0.435. The van der Waals surface area contributed by atoms with Crippen LogP contribution in [0.5, 0.6) is 0 Å². The van der Waals surface area contributed by atoms with Crippen molar-refractivity contribution < 1.29 is 19.0 Å². The molecule has 1 aromatic carbocycles. The molecule has 8 heteroatoms. The zero-order valence-corrected chi connectivity index (χ0v) is 12.4. The Hall–Kier alpha value is -1.28. The molecule has 1 aromatic rings. The van der Waals surface area contributed by atoms with Crippen LogP contribution >= 0.6 is 15.9 Å². The van der Waals surface area contributed by atoms with Crippen LogP contribution in [0.3, 0.4) is 0 Å². The number of carboxylic acid groups (broad SMARTS) is 1. The van der Waals surface area contributed by atoms with Gasteiger partial charge in [-0.1, -0.05) is 19.1 Å². The van der Waals surface area contributed by atoms with Gasteiger partial charge in [0.05, 0.1) is 21.6 Å². The summed E-state index contributed by atoms with van der Waals surface area (Å²) in [6.07, 6.45) is -0.195. The standard InChI is InChI=1S/C11H12BrNO5S/c1-7(5-10(14)15)19(18)6-8-3-2-4-9(11(8)12)13(16)17/h2-4,7H,5-6H2,1H3,(H,14,15). The molecular weight excluding hydrogens is 338 g/mol. The zero-order valence-electron chi connectivity index (χ0n) is 10.0. The van der Waals surface area contributed by atoms with Crippen molar-refractivity contribution in [3.63, 3.8) is 0 Å². The number of rotatable bonds is 6. The number of carbonyl (C=O) groups is 1. The van der Waals surface area contributed by atoms with Crippen LogP contribution in [0.4, 0.5) is 5.69 Å². The van der Waals surface area contributed by atoms with Gasteiger partial charge in [0.2, 0.25) is 0 Å². The second kappa shape index (κ2) is 6.76. The predicted octanol–water partition coefficient (Wildman–Crippen LogP) is 2.47. The van der Waals surface area contributed by atoms with E-state index in [1.54, 1.807) is 13.0 Å². The van der Waals surface area contributed by atoms with Crippen LogP contribution in [0, 0.1) is 10.1 Å². The van der Waals surface area contributed by atoms with E-state index in [0.717, 1.165) is 0 Å². The number of halogens is 1.